The molecule has 0 aliphatic heterocycles. The molecule has 0 atom stereocenters. The smallest absolute Gasteiger partial charge is 0.0696 e. The normalized spacial score (nSPS) is 9.73. The standard InChI is InChI=1S/C8H11BrN2/c1-11(2)7-5-3-4-6(9)8(7)10/h3-5H,10H2,1-2H3. The molecule has 0 aliphatic carbocycles. The van der Waals surface area contributed by atoms with Gasteiger partial charge in [0.1, 0.15) is 0 Å². The Morgan fingerprint density at radius 1 is 1.36 bits per heavy atom. The minimum atomic E-state index is 0.789. The van der Waals surface area contributed by atoms with Crippen molar-refractivity contribution in [1.29, 1.82) is 0 Å². The Bertz CT molecular complexity index is 258. The zero-order valence-corrected chi connectivity index (χ0v) is 8.22. The molecule has 0 heterocycles. The van der Waals surface area contributed by atoms with E-state index in [2.05, 4.69) is 15.9 Å². The highest BCUT2D eigenvalue weighted by Gasteiger charge is 2.02. The van der Waals surface area contributed by atoms with Gasteiger partial charge in [-0.3, -0.25) is 0 Å². The van der Waals surface area contributed by atoms with Gasteiger partial charge >= 0.3 is 0 Å². The lowest BCUT2D eigenvalue weighted by molar-refractivity contribution is 1.13. The molecule has 60 valence electrons. The molecular weight excluding hydrogens is 204 g/mol. The Kier molecular flexibility index (Phi) is 2.39. The van der Waals surface area contributed by atoms with Crippen molar-refractivity contribution < 1.29 is 0 Å². The maximum atomic E-state index is 5.79. The fraction of sp³-hybridized carbons (Fsp3) is 0.250. The molecule has 0 bridgehead atoms. The molecule has 0 saturated heterocycles. The van der Waals surface area contributed by atoms with Crippen LogP contribution in [-0.4, -0.2) is 14.1 Å². The van der Waals surface area contributed by atoms with Crippen molar-refractivity contribution in [2.75, 3.05) is 24.7 Å². The average molecular weight is 215 g/mol. The number of nitrogen functional groups attached to an aromatic ring is 1. The van der Waals surface area contributed by atoms with Gasteiger partial charge in [-0.1, -0.05) is 6.07 Å². The van der Waals surface area contributed by atoms with Crippen molar-refractivity contribution >= 4 is 27.3 Å². The van der Waals surface area contributed by atoms with Crippen LogP contribution < -0.4 is 10.6 Å². The highest BCUT2D eigenvalue weighted by Crippen LogP contribution is 2.28. The maximum Gasteiger partial charge on any atom is 0.0696 e. The number of nitrogens with zero attached hydrogens (tertiary/aromatic N) is 1. The van der Waals surface area contributed by atoms with Gasteiger partial charge in [-0.2, -0.15) is 0 Å². The van der Waals surface area contributed by atoms with E-state index < -0.39 is 0 Å². The third kappa shape index (κ3) is 1.66. The Balaban J connectivity index is 3.17. The van der Waals surface area contributed by atoms with Gasteiger partial charge in [0.2, 0.25) is 0 Å². The largest absolute Gasteiger partial charge is 0.396 e. The van der Waals surface area contributed by atoms with Crippen LogP contribution in [0, 0.1) is 0 Å². The average Bonchev–Trinajstić information content (AvgIpc) is 1.94. The van der Waals surface area contributed by atoms with Crippen LogP contribution in [0.2, 0.25) is 0 Å². The van der Waals surface area contributed by atoms with Crippen molar-refractivity contribution in [3.05, 3.63) is 22.7 Å². The summed E-state index contributed by atoms with van der Waals surface area (Å²) in [6, 6.07) is 5.89. The van der Waals surface area contributed by atoms with E-state index in [-0.39, 0.29) is 0 Å². The van der Waals surface area contributed by atoms with E-state index in [9.17, 15) is 0 Å². The summed E-state index contributed by atoms with van der Waals surface area (Å²) >= 11 is 3.36. The second-order valence-electron chi connectivity index (χ2n) is 2.57. The third-order valence-electron chi connectivity index (χ3n) is 1.51. The topological polar surface area (TPSA) is 29.3 Å². The number of anilines is 2. The van der Waals surface area contributed by atoms with Crippen molar-refractivity contribution in [1.82, 2.24) is 0 Å². The van der Waals surface area contributed by atoms with Crippen LogP contribution in [0.3, 0.4) is 0 Å². The summed E-state index contributed by atoms with van der Waals surface area (Å²) < 4.78 is 0.948. The summed E-state index contributed by atoms with van der Waals surface area (Å²) in [5.74, 6) is 0. The fourth-order valence-corrected chi connectivity index (χ4v) is 1.27. The first kappa shape index (κ1) is 8.40. The first-order valence-corrected chi connectivity index (χ1v) is 4.13. The highest BCUT2D eigenvalue weighted by atomic mass is 79.9. The Morgan fingerprint density at radius 3 is 2.45 bits per heavy atom. The summed E-state index contributed by atoms with van der Waals surface area (Å²) in [7, 11) is 3.94. The minimum Gasteiger partial charge on any atom is -0.396 e. The minimum absolute atomic E-state index is 0.789. The summed E-state index contributed by atoms with van der Waals surface area (Å²) in [4.78, 5) is 1.99. The number of benzene rings is 1. The van der Waals surface area contributed by atoms with Crippen molar-refractivity contribution in [2.45, 2.75) is 0 Å². The van der Waals surface area contributed by atoms with Gasteiger partial charge in [0.15, 0.2) is 0 Å². The predicted octanol–water partition coefficient (Wildman–Crippen LogP) is 2.10. The second-order valence-corrected chi connectivity index (χ2v) is 3.42. The fourth-order valence-electron chi connectivity index (χ4n) is 0.916. The molecule has 0 aliphatic rings. The van der Waals surface area contributed by atoms with Gasteiger partial charge in [0.25, 0.3) is 0 Å². The van der Waals surface area contributed by atoms with E-state index in [1.807, 2.05) is 37.2 Å². The Labute approximate surface area is 75.1 Å². The van der Waals surface area contributed by atoms with Crippen LogP contribution in [-0.2, 0) is 0 Å². The molecule has 1 rings (SSSR count). The first-order chi connectivity index (χ1) is 5.13. The SMILES string of the molecule is CN(C)c1cccc(Br)c1N. The lowest BCUT2D eigenvalue weighted by Gasteiger charge is -2.15. The summed E-state index contributed by atoms with van der Waals surface area (Å²) in [5, 5.41) is 0. The zero-order valence-electron chi connectivity index (χ0n) is 6.63. The van der Waals surface area contributed by atoms with Crippen LogP contribution >= 0.6 is 15.9 Å². The van der Waals surface area contributed by atoms with Crippen LogP contribution in [0.4, 0.5) is 11.4 Å². The number of hydrogen-bond acceptors (Lipinski definition) is 2. The number of halogens is 1. The lowest BCUT2D eigenvalue weighted by Crippen LogP contribution is -2.10. The Morgan fingerprint density at radius 2 is 2.00 bits per heavy atom. The quantitative estimate of drug-likeness (QED) is 0.727. The molecule has 11 heavy (non-hydrogen) atoms. The van der Waals surface area contributed by atoms with Crippen LogP contribution in [0.15, 0.2) is 22.7 Å². The highest BCUT2D eigenvalue weighted by molar-refractivity contribution is 9.10. The van der Waals surface area contributed by atoms with Gasteiger partial charge in [-0.25, -0.2) is 0 Å². The molecule has 0 fully saturated rings. The van der Waals surface area contributed by atoms with Gasteiger partial charge in [0, 0.05) is 18.6 Å². The van der Waals surface area contributed by atoms with Gasteiger partial charge in [-0.05, 0) is 28.1 Å². The molecule has 0 aromatic heterocycles. The van der Waals surface area contributed by atoms with Crippen molar-refractivity contribution in [3.8, 4) is 0 Å². The lowest BCUT2D eigenvalue weighted by atomic mass is 10.2. The number of rotatable bonds is 1. The number of nitrogens with two attached hydrogens (primary N) is 1. The van der Waals surface area contributed by atoms with Crippen LogP contribution in [0.5, 0.6) is 0 Å². The number of para-hydroxylation sites is 1. The molecule has 0 saturated carbocycles. The van der Waals surface area contributed by atoms with E-state index in [4.69, 9.17) is 5.73 Å². The summed E-state index contributed by atoms with van der Waals surface area (Å²) in [6.45, 7) is 0. The van der Waals surface area contributed by atoms with Gasteiger partial charge < -0.3 is 10.6 Å². The zero-order chi connectivity index (χ0) is 8.43. The molecule has 0 unspecified atom stereocenters. The molecule has 1 aromatic rings. The van der Waals surface area contributed by atoms with E-state index in [0.717, 1.165) is 15.8 Å². The maximum absolute atomic E-state index is 5.79. The van der Waals surface area contributed by atoms with E-state index in [1.165, 1.54) is 0 Å². The molecule has 2 nitrogen and oxygen atoms in total. The molecular formula is C8H11BrN2. The molecule has 0 amide bonds. The van der Waals surface area contributed by atoms with Crippen molar-refractivity contribution in [2.24, 2.45) is 0 Å². The second kappa shape index (κ2) is 3.13. The predicted molar refractivity (Wildman–Crippen MR) is 52.9 cm³/mol. The number of hydrogen-bond donors (Lipinski definition) is 1. The van der Waals surface area contributed by atoms with Crippen LogP contribution in [0.25, 0.3) is 0 Å². The molecule has 2 N–H and O–H groups in total. The first-order valence-electron chi connectivity index (χ1n) is 3.34. The monoisotopic (exact) mass is 214 g/mol. The van der Waals surface area contributed by atoms with Crippen LogP contribution in [0.1, 0.15) is 0 Å². The van der Waals surface area contributed by atoms with Gasteiger partial charge in [-0.15, -0.1) is 0 Å². The molecule has 0 spiro atoms. The molecule has 1 aromatic carbocycles. The van der Waals surface area contributed by atoms with Gasteiger partial charge in [0.05, 0.1) is 11.4 Å². The van der Waals surface area contributed by atoms with E-state index in [0.29, 0.717) is 0 Å². The third-order valence-corrected chi connectivity index (χ3v) is 2.20. The van der Waals surface area contributed by atoms with Crippen molar-refractivity contribution in [3.63, 3.8) is 0 Å². The Hall–Kier alpha value is -0.700. The van der Waals surface area contributed by atoms with E-state index in [1.54, 1.807) is 0 Å². The summed E-state index contributed by atoms with van der Waals surface area (Å²) in [5.41, 5.74) is 7.63. The molecule has 0 radical (unpaired) electrons. The van der Waals surface area contributed by atoms with E-state index >= 15 is 0 Å². The summed E-state index contributed by atoms with van der Waals surface area (Å²) in [6.07, 6.45) is 0. The molecule has 3 heteroatoms.